The van der Waals surface area contributed by atoms with Gasteiger partial charge in [-0.05, 0) is 121 Å². The molecule has 0 saturated heterocycles. The Morgan fingerprint density at radius 2 is 0.894 bits per heavy atom. The molecule has 7 aromatic rings. The van der Waals surface area contributed by atoms with E-state index in [1.54, 1.807) is 0 Å². The van der Waals surface area contributed by atoms with E-state index in [2.05, 4.69) is 140 Å². The number of ether oxygens (including phenoxy) is 2. The van der Waals surface area contributed by atoms with Crippen LogP contribution in [0.15, 0.2) is 140 Å². The summed E-state index contributed by atoms with van der Waals surface area (Å²) in [4.78, 5) is 0. The molecule has 7 aromatic carbocycles. The molecule has 47 heavy (non-hydrogen) atoms. The predicted molar refractivity (Wildman–Crippen MR) is 191 cm³/mol. The Labute approximate surface area is 274 Å². The number of hydrogen-bond acceptors (Lipinski definition) is 2. The van der Waals surface area contributed by atoms with Crippen LogP contribution in [-0.4, -0.2) is 6.71 Å². The lowest BCUT2D eigenvalue weighted by Crippen LogP contribution is -2.61. The molecule has 0 fully saturated rings. The standard InChI is InChI=1S/C44H27BO2/c1-2-9-26(10-3-1)32-15-7-17-34-35-18-8-16-33(37(35)25-36(32)34)28-12-4-11-27(21-28)31-23-40-44-41(24-31)47-39-20-6-14-30-22-29-13-5-19-38(46-40)42(29)45(44)43(30)39/h1-21,23-24H,22,25H2. The number of fused-ring (bicyclic) bond motifs is 3. The first-order chi connectivity index (χ1) is 23.3. The highest BCUT2D eigenvalue weighted by Gasteiger charge is 2.44. The van der Waals surface area contributed by atoms with E-state index in [0.717, 1.165) is 52.4 Å². The second kappa shape index (κ2) is 9.37. The average molecular weight is 599 g/mol. The topological polar surface area (TPSA) is 18.5 Å². The Balaban J connectivity index is 1.03. The second-order valence-corrected chi connectivity index (χ2v) is 13.1. The average Bonchev–Trinajstić information content (AvgIpc) is 3.51. The number of benzene rings is 7. The minimum Gasteiger partial charge on any atom is -0.458 e. The first-order valence-corrected chi connectivity index (χ1v) is 16.5. The minimum absolute atomic E-state index is 0.142. The van der Waals surface area contributed by atoms with Crippen LogP contribution in [0.5, 0.6) is 23.0 Å². The van der Waals surface area contributed by atoms with Crippen LogP contribution in [0.3, 0.4) is 0 Å². The molecular formula is C44H27BO2. The third-order valence-electron chi connectivity index (χ3n) is 10.7. The van der Waals surface area contributed by atoms with Crippen molar-refractivity contribution in [3.63, 3.8) is 0 Å². The lowest BCUT2D eigenvalue weighted by atomic mass is 9.31. The summed E-state index contributed by atoms with van der Waals surface area (Å²) < 4.78 is 13.4. The number of rotatable bonds is 3. The van der Waals surface area contributed by atoms with Crippen LogP contribution < -0.4 is 25.9 Å². The van der Waals surface area contributed by atoms with Gasteiger partial charge in [-0.3, -0.25) is 0 Å². The van der Waals surface area contributed by atoms with Gasteiger partial charge in [-0.15, -0.1) is 0 Å². The van der Waals surface area contributed by atoms with E-state index in [4.69, 9.17) is 9.47 Å². The van der Waals surface area contributed by atoms with E-state index >= 15 is 0 Å². The van der Waals surface area contributed by atoms with Crippen molar-refractivity contribution in [1.82, 2.24) is 0 Å². The van der Waals surface area contributed by atoms with Gasteiger partial charge in [-0.25, -0.2) is 0 Å². The molecule has 0 unspecified atom stereocenters. The SMILES string of the molecule is c1ccc(-c2cccc3c2Cc2c(-c4cccc(-c5cc6c7c(c5)Oc5cccc8c5B7c5c(cccc5O6)C8)c4)cccc2-3)cc1. The first-order valence-electron chi connectivity index (χ1n) is 16.5. The fourth-order valence-corrected chi connectivity index (χ4v) is 8.68. The van der Waals surface area contributed by atoms with E-state index in [-0.39, 0.29) is 6.71 Å². The Morgan fingerprint density at radius 3 is 1.55 bits per heavy atom. The van der Waals surface area contributed by atoms with Crippen molar-refractivity contribution in [1.29, 1.82) is 0 Å². The lowest BCUT2D eigenvalue weighted by molar-refractivity contribution is 0.463. The molecule has 0 aromatic heterocycles. The predicted octanol–water partition coefficient (Wildman–Crippen LogP) is 8.89. The summed E-state index contributed by atoms with van der Waals surface area (Å²) in [5.41, 5.74) is 19.3. The van der Waals surface area contributed by atoms with Crippen molar-refractivity contribution in [2.24, 2.45) is 0 Å². The normalized spacial score (nSPS) is 13.7. The van der Waals surface area contributed by atoms with Gasteiger partial charge in [0.15, 0.2) is 0 Å². The molecule has 3 heteroatoms. The van der Waals surface area contributed by atoms with E-state index in [0.29, 0.717) is 0 Å². The summed E-state index contributed by atoms with van der Waals surface area (Å²) in [5, 5.41) is 0. The molecule has 0 saturated carbocycles. The maximum atomic E-state index is 6.69. The highest BCUT2D eigenvalue weighted by Crippen LogP contribution is 2.46. The summed E-state index contributed by atoms with van der Waals surface area (Å²) in [5.74, 6) is 3.72. The van der Waals surface area contributed by atoms with Gasteiger partial charge < -0.3 is 9.47 Å². The van der Waals surface area contributed by atoms with Crippen molar-refractivity contribution < 1.29 is 9.47 Å². The van der Waals surface area contributed by atoms with E-state index in [1.807, 2.05) is 0 Å². The highest BCUT2D eigenvalue weighted by molar-refractivity contribution is 6.99. The van der Waals surface area contributed by atoms with Crippen molar-refractivity contribution in [2.45, 2.75) is 12.8 Å². The smallest absolute Gasteiger partial charge is 0.261 e. The number of hydrogen-bond donors (Lipinski definition) is 0. The Bertz CT molecular complexity index is 2400. The zero-order chi connectivity index (χ0) is 30.6. The van der Waals surface area contributed by atoms with Gasteiger partial charge in [-0.2, -0.15) is 0 Å². The van der Waals surface area contributed by atoms with Gasteiger partial charge in [0.05, 0.1) is 0 Å². The lowest BCUT2D eigenvalue weighted by Gasteiger charge is -2.38. The second-order valence-electron chi connectivity index (χ2n) is 13.1. The molecule has 0 amide bonds. The monoisotopic (exact) mass is 598 g/mol. The molecule has 0 radical (unpaired) electrons. The van der Waals surface area contributed by atoms with Crippen LogP contribution in [0.4, 0.5) is 0 Å². The first kappa shape index (κ1) is 25.4. The fraction of sp³-hybridized carbons (Fsp3) is 0.0455. The van der Waals surface area contributed by atoms with E-state index in [1.165, 1.54) is 66.6 Å². The highest BCUT2D eigenvalue weighted by atomic mass is 16.5. The van der Waals surface area contributed by atoms with Crippen LogP contribution in [0, 0.1) is 0 Å². The van der Waals surface area contributed by atoms with Crippen molar-refractivity contribution >= 4 is 23.1 Å². The molecule has 3 aliphatic heterocycles. The largest absolute Gasteiger partial charge is 0.458 e. The van der Waals surface area contributed by atoms with Crippen molar-refractivity contribution in [3.05, 3.63) is 162 Å². The minimum atomic E-state index is 0.142. The Morgan fingerprint density at radius 1 is 0.362 bits per heavy atom. The summed E-state index contributed by atoms with van der Waals surface area (Å²) in [6.45, 7) is 0.142. The third kappa shape index (κ3) is 3.57. The van der Waals surface area contributed by atoms with E-state index < -0.39 is 0 Å². The van der Waals surface area contributed by atoms with Gasteiger partial charge in [0.2, 0.25) is 0 Å². The van der Waals surface area contributed by atoms with Crippen LogP contribution in [-0.2, 0) is 12.8 Å². The molecule has 0 bridgehead atoms. The van der Waals surface area contributed by atoms with Gasteiger partial charge in [0.25, 0.3) is 6.71 Å². The fourth-order valence-electron chi connectivity index (χ4n) is 8.68. The molecule has 0 spiro atoms. The maximum absolute atomic E-state index is 6.69. The zero-order valence-corrected chi connectivity index (χ0v) is 25.6. The molecule has 2 nitrogen and oxygen atoms in total. The Hall–Kier alpha value is -5.80. The van der Waals surface area contributed by atoms with Crippen LogP contribution in [0.1, 0.15) is 22.3 Å². The summed E-state index contributed by atoms with van der Waals surface area (Å²) in [7, 11) is 0. The van der Waals surface area contributed by atoms with Crippen molar-refractivity contribution in [3.8, 4) is 67.5 Å². The zero-order valence-electron chi connectivity index (χ0n) is 25.6. The van der Waals surface area contributed by atoms with Gasteiger partial charge >= 0.3 is 0 Å². The summed E-state index contributed by atoms with van der Waals surface area (Å²) in [6, 6.07) is 50.6. The quantitative estimate of drug-likeness (QED) is 0.189. The van der Waals surface area contributed by atoms with Gasteiger partial charge in [-0.1, -0.05) is 109 Å². The third-order valence-corrected chi connectivity index (χ3v) is 10.7. The summed E-state index contributed by atoms with van der Waals surface area (Å²) >= 11 is 0. The molecule has 218 valence electrons. The molecule has 11 rings (SSSR count). The molecule has 0 atom stereocenters. The van der Waals surface area contributed by atoms with Gasteiger partial charge in [0, 0.05) is 5.46 Å². The molecule has 1 aliphatic carbocycles. The Kier molecular flexibility index (Phi) is 5.07. The molecule has 0 N–H and O–H groups in total. The maximum Gasteiger partial charge on any atom is 0.261 e. The molecule has 4 aliphatic rings. The van der Waals surface area contributed by atoms with E-state index in [9.17, 15) is 0 Å². The summed E-state index contributed by atoms with van der Waals surface area (Å²) in [6.07, 6.45) is 1.83. The molecule has 3 heterocycles. The van der Waals surface area contributed by atoms with Crippen LogP contribution in [0.2, 0.25) is 0 Å². The van der Waals surface area contributed by atoms with Crippen LogP contribution in [0.25, 0.3) is 44.5 Å². The molecular weight excluding hydrogens is 571 g/mol. The van der Waals surface area contributed by atoms with Gasteiger partial charge in [0.1, 0.15) is 23.0 Å². The van der Waals surface area contributed by atoms with Crippen molar-refractivity contribution in [2.75, 3.05) is 0 Å². The van der Waals surface area contributed by atoms with Crippen LogP contribution >= 0.6 is 0 Å².